The van der Waals surface area contributed by atoms with Crippen LogP contribution in [0.1, 0.15) is 16.7 Å². The molecule has 1 aliphatic rings. The summed E-state index contributed by atoms with van der Waals surface area (Å²) in [6.07, 6.45) is 1.44. The molecule has 1 N–H and O–H groups in total. The molecular formula is C26H22N2O5. The number of nitrogens with one attached hydrogen (secondary N) is 1. The summed E-state index contributed by atoms with van der Waals surface area (Å²) < 4.78 is 11.1. The number of rotatable bonds is 6. The maximum absolute atomic E-state index is 13.1. The lowest BCUT2D eigenvalue weighted by Gasteiger charge is -2.26. The fraction of sp³-hybridized carbons (Fsp3) is 0.115. The number of anilines is 1. The van der Waals surface area contributed by atoms with Crippen LogP contribution in [0.15, 0.2) is 78.4 Å². The lowest BCUT2D eigenvalue weighted by atomic mass is 10.1. The molecular weight excluding hydrogens is 420 g/mol. The van der Waals surface area contributed by atoms with E-state index in [1.165, 1.54) is 13.2 Å². The molecule has 0 bridgehead atoms. The average Bonchev–Trinajstić information content (AvgIpc) is 2.82. The number of urea groups is 1. The first-order chi connectivity index (χ1) is 16.0. The predicted molar refractivity (Wildman–Crippen MR) is 124 cm³/mol. The SMILES string of the molecule is COc1ccc(N2C(=O)NC(=O)/C(=C\c3ccccc3OCc3ccc(C)cc3)C2=O)cc1. The third-order valence-electron chi connectivity index (χ3n) is 5.17. The zero-order valence-corrected chi connectivity index (χ0v) is 18.2. The molecule has 3 aromatic carbocycles. The molecule has 7 nitrogen and oxygen atoms in total. The lowest BCUT2D eigenvalue weighted by molar-refractivity contribution is -0.122. The molecule has 0 atom stereocenters. The number of ether oxygens (including phenoxy) is 2. The molecule has 166 valence electrons. The van der Waals surface area contributed by atoms with Gasteiger partial charge in [0.1, 0.15) is 23.7 Å². The van der Waals surface area contributed by atoms with Crippen molar-refractivity contribution in [3.8, 4) is 11.5 Å². The number of carbonyl (C=O) groups is 3. The predicted octanol–water partition coefficient (Wildman–Crippen LogP) is 4.25. The van der Waals surface area contributed by atoms with Gasteiger partial charge < -0.3 is 9.47 Å². The number of hydrogen-bond donors (Lipinski definition) is 1. The molecule has 7 heteroatoms. The minimum atomic E-state index is -0.809. The number of nitrogens with zero attached hydrogens (tertiary/aromatic N) is 1. The summed E-state index contributed by atoms with van der Waals surface area (Å²) >= 11 is 0. The van der Waals surface area contributed by atoms with Gasteiger partial charge in [-0.05, 0) is 48.9 Å². The smallest absolute Gasteiger partial charge is 0.335 e. The standard InChI is InChI=1S/C26H22N2O5/c1-17-7-9-18(10-8-17)16-33-23-6-4-3-5-19(23)15-22-24(29)27-26(31)28(25(22)30)20-11-13-21(32-2)14-12-20/h3-15H,16H2,1-2H3,(H,27,29,31)/b22-15+. The Hall–Kier alpha value is -4.39. The Morgan fingerprint density at radius 1 is 0.909 bits per heavy atom. The van der Waals surface area contributed by atoms with Crippen molar-refractivity contribution in [2.75, 3.05) is 12.0 Å². The summed E-state index contributed by atoms with van der Waals surface area (Å²) in [6, 6.07) is 20.6. The molecule has 1 aliphatic heterocycles. The van der Waals surface area contributed by atoms with Crippen molar-refractivity contribution in [3.05, 3.63) is 95.1 Å². The highest BCUT2D eigenvalue weighted by molar-refractivity contribution is 6.39. The third-order valence-corrected chi connectivity index (χ3v) is 5.17. The van der Waals surface area contributed by atoms with Gasteiger partial charge in [0.2, 0.25) is 0 Å². The van der Waals surface area contributed by atoms with Crippen LogP contribution in [0.3, 0.4) is 0 Å². The van der Waals surface area contributed by atoms with E-state index in [0.29, 0.717) is 29.4 Å². The Balaban J connectivity index is 1.62. The summed E-state index contributed by atoms with van der Waals surface area (Å²) in [5.74, 6) is -0.389. The van der Waals surface area contributed by atoms with Gasteiger partial charge in [-0.2, -0.15) is 0 Å². The maximum atomic E-state index is 13.1. The topological polar surface area (TPSA) is 84.9 Å². The van der Waals surface area contributed by atoms with Crippen molar-refractivity contribution >= 4 is 29.6 Å². The Morgan fingerprint density at radius 2 is 1.61 bits per heavy atom. The Morgan fingerprint density at radius 3 is 2.30 bits per heavy atom. The summed E-state index contributed by atoms with van der Waals surface area (Å²) in [7, 11) is 1.52. The van der Waals surface area contributed by atoms with Crippen molar-refractivity contribution in [2.45, 2.75) is 13.5 Å². The lowest BCUT2D eigenvalue weighted by Crippen LogP contribution is -2.54. The summed E-state index contributed by atoms with van der Waals surface area (Å²) in [5, 5.41) is 2.23. The largest absolute Gasteiger partial charge is 0.497 e. The summed E-state index contributed by atoms with van der Waals surface area (Å²) in [6.45, 7) is 2.34. The normalized spacial score (nSPS) is 14.9. The van der Waals surface area contributed by atoms with E-state index >= 15 is 0 Å². The van der Waals surface area contributed by atoms with Crippen molar-refractivity contribution in [1.82, 2.24) is 5.32 Å². The second-order valence-electron chi connectivity index (χ2n) is 7.47. The van der Waals surface area contributed by atoms with E-state index in [2.05, 4.69) is 5.32 Å². The monoisotopic (exact) mass is 442 g/mol. The molecule has 0 radical (unpaired) electrons. The first-order valence-corrected chi connectivity index (χ1v) is 10.3. The summed E-state index contributed by atoms with van der Waals surface area (Å²) in [5.41, 5.74) is 2.84. The van der Waals surface area contributed by atoms with Crippen LogP contribution in [-0.4, -0.2) is 25.0 Å². The minimum Gasteiger partial charge on any atom is -0.497 e. The van der Waals surface area contributed by atoms with Crippen LogP contribution in [0.2, 0.25) is 0 Å². The van der Waals surface area contributed by atoms with Gasteiger partial charge in [-0.25, -0.2) is 9.69 Å². The van der Waals surface area contributed by atoms with E-state index in [0.717, 1.165) is 16.0 Å². The van der Waals surface area contributed by atoms with Crippen LogP contribution >= 0.6 is 0 Å². The number of benzene rings is 3. The first-order valence-electron chi connectivity index (χ1n) is 10.3. The minimum absolute atomic E-state index is 0.170. The van der Waals surface area contributed by atoms with Crippen molar-refractivity contribution < 1.29 is 23.9 Å². The van der Waals surface area contributed by atoms with E-state index < -0.39 is 17.8 Å². The molecule has 4 amide bonds. The number of para-hydroxylation sites is 1. The molecule has 0 saturated carbocycles. The van der Waals surface area contributed by atoms with E-state index in [4.69, 9.17) is 9.47 Å². The van der Waals surface area contributed by atoms with Gasteiger partial charge in [-0.1, -0.05) is 48.0 Å². The van der Waals surface area contributed by atoms with Gasteiger partial charge >= 0.3 is 6.03 Å². The maximum Gasteiger partial charge on any atom is 0.335 e. The molecule has 1 saturated heterocycles. The molecule has 1 fully saturated rings. The van der Waals surface area contributed by atoms with Gasteiger partial charge in [0, 0.05) is 5.56 Å². The number of aryl methyl sites for hydroxylation is 1. The second-order valence-corrected chi connectivity index (χ2v) is 7.47. The number of carbonyl (C=O) groups excluding carboxylic acids is 3. The average molecular weight is 442 g/mol. The second kappa shape index (κ2) is 9.40. The number of imide groups is 2. The van der Waals surface area contributed by atoms with Gasteiger partial charge in [0.05, 0.1) is 12.8 Å². The fourth-order valence-corrected chi connectivity index (χ4v) is 3.36. The van der Waals surface area contributed by atoms with Crippen LogP contribution in [0.5, 0.6) is 11.5 Å². The Labute approximate surface area is 191 Å². The molecule has 4 rings (SSSR count). The van der Waals surface area contributed by atoms with Crippen LogP contribution < -0.4 is 19.7 Å². The van der Waals surface area contributed by atoms with E-state index in [9.17, 15) is 14.4 Å². The van der Waals surface area contributed by atoms with E-state index in [1.54, 1.807) is 42.5 Å². The molecule has 0 spiro atoms. The van der Waals surface area contributed by atoms with Gasteiger partial charge in [-0.15, -0.1) is 0 Å². The highest BCUT2D eigenvalue weighted by atomic mass is 16.5. The van der Waals surface area contributed by atoms with Crippen molar-refractivity contribution in [2.24, 2.45) is 0 Å². The molecule has 33 heavy (non-hydrogen) atoms. The van der Waals surface area contributed by atoms with E-state index in [1.807, 2.05) is 37.3 Å². The van der Waals surface area contributed by atoms with Crippen LogP contribution in [-0.2, 0) is 16.2 Å². The van der Waals surface area contributed by atoms with Crippen molar-refractivity contribution in [1.29, 1.82) is 0 Å². The number of amides is 4. The highest BCUT2D eigenvalue weighted by Crippen LogP contribution is 2.27. The zero-order chi connectivity index (χ0) is 23.4. The molecule has 0 aromatic heterocycles. The highest BCUT2D eigenvalue weighted by Gasteiger charge is 2.37. The van der Waals surface area contributed by atoms with Crippen LogP contribution in [0.4, 0.5) is 10.5 Å². The fourth-order valence-electron chi connectivity index (χ4n) is 3.36. The van der Waals surface area contributed by atoms with Gasteiger partial charge in [-0.3, -0.25) is 14.9 Å². The number of hydrogen-bond acceptors (Lipinski definition) is 5. The quantitative estimate of drug-likeness (QED) is 0.456. The number of barbiturate groups is 1. The van der Waals surface area contributed by atoms with E-state index in [-0.39, 0.29) is 5.57 Å². The molecule has 0 aliphatic carbocycles. The van der Waals surface area contributed by atoms with Crippen LogP contribution in [0, 0.1) is 6.92 Å². The first kappa shape index (κ1) is 21.8. The number of methoxy groups -OCH3 is 1. The summed E-state index contributed by atoms with van der Waals surface area (Å²) in [4.78, 5) is 39.0. The molecule has 3 aromatic rings. The van der Waals surface area contributed by atoms with Gasteiger partial charge in [0.25, 0.3) is 11.8 Å². The Bertz CT molecular complexity index is 1230. The molecule has 1 heterocycles. The van der Waals surface area contributed by atoms with Gasteiger partial charge in [0.15, 0.2) is 0 Å². The Kier molecular flexibility index (Phi) is 6.22. The van der Waals surface area contributed by atoms with Crippen molar-refractivity contribution in [3.63, 3.8) is 0 Å². The van der Waals surface area contributed by atoms with Crippen LogP contribution in [0.25, 0.3) is 6.08 Å². The molecule has 0 unspecified atom stereocenters. The zero-order valence-electron chi connectivity index (χ0n) is 18.2. The third kappa shape index (κ3) is 4.77.